The van der Waals surface area contributed by atoms with Crippen LogP contribution in [0, 0.1) is 5.82 Å². The highest BCUT2D eigenvalue weighted by atomic mass is 19.1. The zero-order valence-corrected chi connectivity index (χ0v) is 10.4. The van der Waals surface area contributed by atoms with Crippen LogP contribution >= 0.6 is 0 Å². The van der Waals surface area contributed by atoms with E-state index in [1.54, 1.807) is 6.07 Å². The summed E-state index contributed by atoms with van der Waals surface area (Å²) in [4.78, 5) is 17.9. The van der Waals surface area contributed by atoms with Gasteiger partial charge in [0.2, 0.25) is 5.75 Å². The van der Waals surface area contributed by atoms with Gasteiger partial charge in [-0.05, 0) is 24.1 Å². The largest absolute Gasteiger partial charge is 0.489 e. The number of aromatic amines is 1. The highest BCUT2D eigenvalue weighted by Gasteiger charge is 2.07. The number of aromatic nitrogens is 2. The van der Waals surface area contributed by atoms with Crippen molar-refractivity contribution in [3.05, 3.63) is 52.3 Å². The Morgan fingerprint density at radius 3 is 3.05 bits per heavy atom. The molecule has 0 aliphatic rings. The summed E-state index contributed by atoms with van der Waals surface area (Å²) in [5, 5.41) is 2.99. The number of halogens is 1. The van der Waals surface area contributed by atoms with E-state index in [0.717, 1.165) is 5.56 Å². The highest BCUT2D eigenvalue weighted by Crippen LogP contribution is 2.14. The van der Waals surface area contributed by atoms with E-state index in [2.05, 4.69) is 15.3 Å². The minimum Gasteiger partial charge on any atom is -0.489 e. The van der Waals surface area contributed by atoms with Crippen molar-refractivity contribution >= 4 is 5.82 Å². The first-order valence-corrected chi connectivity index (χ1v) is 5.80. The van der Waals surface area contributed by atoms with Crippen molar-refractivity contribution in [1.82, 2.24) is 9.97 Å². The maximum atomic E-state index is 13.0. The normalized spacial score (nSPS) is 10.2. The van der Waals surface area contributed by atoms with Gasteiger partial charge in [-0.25, -0.2) is 9.37 Å². The highest BCUT2D eigenvalue weighted by molar-refractivity contribution is 5.47. The maximum Gasteiger partial charge on any atom is 0.295 e. The summed E-state index contributed by atoms with van der Waals surface area (Å²) in [6.07, 6.45) is 1.92. The van der Waals surface area contributed by atoms with Crippen LogP contribution < -0.4 is 15.6 Å². The molecule has 100 valence electrons. The van der Waals surface area contributed by atoms with Gasteiger partial charge in [-0.3, -0.25) is 4.79 Å². The SMILES string of the molecule is COc1c(NCCc2cccc(F)c2)nc[nH]c1=O. The lowest BCUT2D eigenvalue weighted by Gasteiger charge is -2.08. The van der Waals surface area contributed by atoms with E-state index >= 15 is 0 Å². The lowest BCUT2D eigenvalue weighted by atomic mass is 10.1. The Bertz CT molecular complexity index is 613. The van der Waals surface area contributed by atoms with E-state index in [1.165, 1.54) is 25.6 Å². The maximum absolute atomic E-state index is 13.0. The topological polar surface area (TPSA) is 67.0 Å². The number of hydrogen-bond acceptors (Lipinski definition) is 4. The van der Waals surface area contributed by atoms with Crippen LogP contribution in [0.4, 0.5) is 10.2 Å². The molecule has 0 aliphatic carbocycles. The van der Waals surface area contributed by atoms with Gasteiger partial charge in [0.1, 0.15) is 5.82 Å². The molecule has 0 fully saturated rings. The number of H-pyrrole nitrogens is 1. The number of nitrogens with one attached hydrogen (secondary N) is 2. The fourth-order valence-corrected chi connectivity index (χ4v) is 1.72. The van der Waals surface area contributed by atoms with Crippen molar-refractivity contribution in [2.75, 3.05) is 19.0 Å². The molecule has 19 heavy (non-hydrogen) atoms. The van der Waals surface area contributed by atoms with E-state index in [0.29, 0.717) is 18.8 Å². The molecule has 0 amide bonds. The van der Waals surface area contributed by atoms with Gasteiger partial charge in [0, 0.05) is 6.54 Å². The van der Waals surface area contributed by atoms with E-state index < -0.39 is 0 Å². The zero-order valence-electron chi connectivity index (χ0n) is 10.4. The Morgan fingerprint density at radius 2 is 2.32 bits per heavy atom. The first-order valence-electron chi connectivity index (χ1n) is 5.80. The quantitative estimate of drug-likeness (QED) is 0.859. The molecule has 5 nitrogen and oxygen atoms in total. The molecule has 1 aromatic heterocycles. The summed E-state index contributed by atoms with van der Waals surface area (Å²) in [5.41, 5.74) is 0.530. The van der Waals surface area contributed by atoms with Crippen LogP contribution in [-0.4, -0.2) is 23.6 Å². The smallest absolute Gasteiger partial charge is 0.295 e. The first kappa shape index (κ1) is 13.1. The number of hydrogen-bond donors (Lipinski definition) is 2. The minimum absolute atomic E-state index is 0.141. The molecule has 1 heterocycles. The summed E-state index contributed by atoms with van der Waals surface area (Å²) in [5.74, 6) is 0.258. The molecule has 0 saturated heterocycles. The number of rotatable bonds is 5. The van der Waals surface area contributed by atoms with Crippen LogP contribution in [0.3, 0.4) is 0 Å². The summed E-state index contributed by atoms with van der Waals surface area (Å²) in [6.45, 7) is 0.524. The average Bonchev–Trinajstić information content (AvgIpc) is 2.39. The van der Waals surface area contributed by atoms with Crippen LogP contribution in [0.2, 0.25) is 0 Å². The second-order valence-electron chi connectivity index (χ2n) is 3.92. The molecular formula is C13H14FN3O2. The Morgan fingerprint density at radius 1 is 1.47 bits per heavy atom. The Hall–Kier alpha value is -2.37. The molecule has 2 N–H and O–H groups in total. The molecule has 0 atom stereocenters. The third-order valence-corrected chi connectivity index (χ3v) is 2.61. The molecule has 0 aliphatic heterocycles. The van der Waals surface area contributed by atoms with Crippen molar-refractivity contribution in [2.24, 2.45) is 0 Å². The van der Waals surface area contributed by atoms with Gasteiger partial charge in [0.05, 0.1) is 13.4 Å². The third-order valence-electron chi connectivity index (χ3n) is 2.61. The predicted octanol–water partition coefficient (Wildman–Crippen LogP) is 1.57. The molecule has 6 heteroatoms. The van der Waals surface area contributed by atoms with Gasteiger partial charge in [-0.2, -0.15) is 0 Å². The molecule has 1 aromatic carbocycles. The third kappa shape index (κ3) is 3.31. The van der Waals surface area contributed by atoms with Crippen LogP contribution in [0.1, 0.15) is 5.56 Å². The first-order chi connectivity index (χ1) is 9.20. The Balaban J connectivity index is 2.00. The number of benzene rings is 1. The standard InChI is InChI=1S/C13H14FN3O2/c1-19-11-12(16-8-17-13(11)18)15-6-5-9-3-2-4-10(14)7-9/h2-4,7-8H,5-6H2,1H3,(H2,15,16,17,18). The molecule has 2 rings (SSSR count). The van der Waals surface area contributed by atoms with Gasteiger partial charge in [0.15, 0.2) is 5.82 Å². The average molecular weight is 263 g/mol. The van der Waals surface area contributed by atoms with E-state index in [9.17, 15) is 9.18 Å². The lowest BCUT2D eigenvalue weighted by molar-refractivity contribution is 0.408. The summed E-state index contributed by atoms with van der Waals surface area (Å²) >= 11 is 0. The van der Waals surface area contributed by atoms with Gasteiger partial charge < -0.3 is 15.0 Å². The zero-order chi connectivity index (χ0) is 13.7. The monoisotopic (exact) mass is 263 g/mol. The molecule has 0 unspecified atom stereocenters. The minimum atomic E-state index is -0.342. The van der Waals surface area contributed by atoms with Crippen molar-refractivity contribution in [1.29, 1.82) is 0 Å². The van der Waals surface area contributed by atoms with Gasteiger partial charge in [0.25, 0.3) is 5.56 Å². The molecular weight excluding hydrogens is 249 g/mol. The van der Waals surface area contributed by atoms with Crippen LogP contribution in [-0.2, 0) is 6.42 Å². The van der Waals surface area contributed by atoms with Crippen molar-refractivity contribution < 1.29 is 9.13 Å². The number of methoxy groups -OCH3 is 1. The molecule has 0 saturated carbocycles. The predicted molar refractivity (Wildman–Crippen MR) is 70.0 cm³/mol. The fraction of sp³-hybridized carbons (Fsp3) is 0.231. The summed E-state index contributed by atoms with van der Waals surface area (Å²) in [6, 6.07) is 6.38. The van der Waals surface area contributed by atoms with Crippen LogP contribution in [0.25, 0.3) is 0 Å². The Kier molecular flexibility index (Phi) is 4.12. The summed E-state index contributed by atoms with van der Waals surface area (Å²) in [7, 11) is 1.41. The van der Waals surface area contributed by atoms with Gasteiger partial charge >= 0.3 is 0 Å². The molecule has 0 bridgehead atoms. The number of nitrogens with zero attached hydrogens (tertiary/aromatic N) is 1. The molecule has 0 radical (unpaired) electrons. The van der Waals surface area contributed by atoms with Crippen molar-refractivity contribution in [3.63, 3.8) is 0 Å². The second kappa shape index (κ2) is 5.99. The Labute approximate surface area is 109 Å². The number of ether oxygens (including phenoxy) is 1. The van der Waals surface area contributed by atoms with E-state index in [1.807, 2.05) is 6.07 Å². The van der Waals surface area contributed by atoms with Gasteiger partial charge in [-0.1, -0.05) is 12.1 Å². The van der Waals surface area contributed by atoms with Crippen LogP contribution in [0.15, 0.2) is 35.4 Å². The van der Waals surface area contributed by atoms with E-state index in [4.69, 9.17) is 4.74 Å². The molecule has 0 spiro atoms. The lowest BCUT2D eigenvalue weighted by Crippen LogP contribution is -2.15. The summed E-state index contributed by atoms with van der Waals surface area (Å²) < 4.78 is 18.0. The molecule has 2 aromatic rings. The van der Waals surface area contributed by atoms with E-state index in [-0.39, 0.29) is 17.1 Å². The van der Waals surface area contributed by atoms with Crippen molar-refractivity contribution in [2.45, 2.75) is 6.42 Å². The van der Waals surface area contributed by atoms with Crippen molar-refractivity contribution in [3.8, 4) is 5.75 Å². The number of anilines is 1. The van der Waals surface area contributed by atoms with Gasteiger partial charge in [-0.15, -0.1) is 0 Å². The second-order valence-corrected chi connectivity index (χ2v) is 3.92. The van der Waals surface area contributed by atoms with Crippen LogP contribution in [0.5, 0.6) is 5.75 Å². The fourth-order valence-electron chi connectivity index (χ4n) is 1.72.